The monoisotopic (exact) mass is 376 g/mol. The van der Waals surface area contributed by atoms with Crippen LogP contribution in [0.4, 0.5) is 13.2 Å². The Morgan fingerprint density at radius 1 is 1.26 bits per heavy atom. The van der Waals surface area contributed by atoms with E-state index in [2.05, 4.69) is 5.32 Å². The summed E-state index contributed by atoms with van der Waals surface area (Å²) in [6.45, 7) is 3.55. The van der Waals surface area contributed by atoms with Crippen LogP contribution in [0.25, 0.3) is 0 Å². The summed E-state index contributed by atoms with van der Waals surface area (Å²) in [6, 6.07) is 2.42. The SMILES string of the molecule is CCOc1cccc([C@H](N2CCNCC2)C(F)(F)F)c1O.Cl.Cl. The molecule has 1 saturated heterocycles. The highest BCUT2D eigenvalue weighted by Gasteiger charge is 2.46. The van der Waals surface area contributed by atoms with Crippen LogP contribution in [0.15, 0.2) is 18.2 Å². The Morgan fingerprint density at radius 3 is 2.39 bits per heavy atom. The van der Waals surface area contributed by atoms with Gasteiger partial charge in [-0.1, -0.05) is 12.1 Å². The summed E-state index contributed by atoms with van der Waals surface area (Å²) >= 11 is 0. The zero-order valence-corrected chi connectivity index (χ0v) is 14.2. The van der Waals surface area contributed by atoms with Gasteiger partial charge in [-0.05, 0) is 13.0 Å². The number of halogens is 5. The van der Waals surface area contributed by atoms with Crippen LogP contribution in [0, 0.1) is 0 Å². The van der Waals surface area contributed by atoms with Crippen molar-refractivity contribution in [2.24, 2.45) is 0 Å². The Morgan fingerprint density at radius 2 is 1.87 bits per heavy atom. The summed E-state index contributed by atoms with van der Waals surface area (Å²) in [4.78, 5) is 1.33. The average Bonchev–Trinajstić information content (AvgIpc) is 2.43. The molecule has 1 aliphatic heterocycles. The summed E-state index contributed by atoms with van der Waals surface area (Å²) in [6.07, 6.45) is -4.46. The van der Waals surface area contributed by atoms with E-state index in [1.54, 1.807) is 6.92 Å². The number of aromatic hydroxyl groups is 1. The second-order valence-corrected chi connectivity index (χ2v) is 4.86. The number of rotatable bonds is 4. The third-order valence-corrected chi connectivity index (χ3v) is 3.45. The number of phenols is 1. The van der Waals surface area contributed by atoms with Crippen LogP contribution in [0.1, 0.15) is 18.5 Å². The Bertz CT molecular complexity index is 484. The highest BCUT2D eigenvalue weighted by atomic mass is 35.5. The molecule has 2 rings (SSSR count). The van der Waals surface area contributed by atoms with Crippen molar-refractivity contribution in [2.45, 2.75) is 19.1 Å². The maximum Gasteiger partial charge on any atom is 0.408 e. The molecule has 2 N–H and O–H groups in total. The summed E-state index contributed by atoms with van der Waals surface area (Å²) in [5.41, 5.74) is -0.157. The van der Waals surface area contributed by atoms with Crippen molar-refractivity contribution in [1.29, 1.82) is 0 Å². The number of benzene rings is 1. The molecule has 1 aliphatic rings. The first kappa shape index (κ1) is 22.1. The van der Waals surface area contributed by atoms with E-state index in [1.807, 2.05) is 0 Å². The number of nitrogens with zero attached hydrogens (tertiary/aromatic N) is 1. The molecule has 0 spiro atoms. The van der Waals surface area contributed by atoms with Gasteiger partial charge in [0.2, 0.25) is 0 Å². The fourth-order valence-corrected chi connectivity index (χ4v) is 2.55. The molecular weight excluding hydrogens is 356 g/mol. The first-order valence-electron chi connectivity index (χ1n) is 6.91. The van der Waals surface area contributed by atoms with Gasteiger partial charge in [0, 0.05) is 31.7 Å². The van der Waals surface area contributed by atoms with Gasteiger partial charge in [-0.25, -0.2) is 0 Å². The number of ether oxygens (including phenoxy) is 1. The summed E-state index contributed by atoms with van der Waals surface area (Å²) < 4.78 is 45.6. The lowest BCUT2D eigenvalue weighted by Gasteiger charge is -2.36. The van der Waals surface area contributed by atoms with Gasteiger partial charge in [0.05, 0.1) is 6.61 Å². The van der Waals surface area contributed by atoms with Gasteiger partial charge >= 0.3 is 6.18 Å². The Kier molecular flexibility index (Phi) is 9.05. The average molecular weight is 377 g/mol. The molecule has 9 heteroatoms. The van der Waals surface area contributed by atoms with Gasteiger partial charge < -0.3 is 15.2 Å². The number of hydrogen-bond donors (Lipinski definition) is 2. The lowest BCUT2D eigenvalue weighted by Crippen LogP contribution is -2.49. The van der Waals surface area contributed by atoms with Gasteiger partial charge in [0.1, 0.15) is 6.04 Å². The lowest BCUT2D eigenvalue weighted by molar-refractivity contribution is -0.188. The minimum atomic E-state index is -4.46. The van der Waals surface area contributed by atoms with Crippen molar-refractivity contribution < 1.29 is 23.0 Å². The maximum absolute atomic E-state index is 13.5. The molecular formula is C14H21Cl2F3N2O2. The number of phenolic OH excluding ortho intramolecular Hbond substituents is 1. The second-order valence-electron chi connectivity index (χ2n) is 4.86. The van der Waals surface area contributed by atoms with Gasteiger partial charge in [0.15, 0.2) is 11.5 Å². The smallest absolute Gasteiger partial charge is 0.408 e. The predicted molar refractivity (Wildman–Crippen MR) is 87.0 cm³/mol. The van der Waals surface area contributed by atoms with Crippen molar-refractivity contribution in [3.05, 3.63) is 23.8 Å². The van der Waals surface area contributed by atoms with Crippen molar-refractivity contribution in [1.82, 2.24) is 10.2 Å². The van der Waals surface area contributed by atoms with Crippen LogP contribution < -0.4 is 10.1 Å². The zero-order valence-electron chi connectivity index (χ0n) is 12.6. The van der Waals surface area contributed by atoms with E-state index in [1.165, 1.54) is 23.1 Å². The minimum absolute atomic E-state index is 0. The third-order valence-electron chi connectivity index (χ3n) is 3.45. The van der Waals surface area contributed by atoms with Crippen molar-refractivity contribution in [2.75, 3.05) is 32.8 Å². The third kappa shape index (κ3) is 5.31. The van der Waals surface area contributed by atoms with Crippen LogP contribution in [0.5, 0.6) is 11.5 Å². The Labute approximate surface area is 145 Å². The second kappa shape index (κ2) is 9.42. The largest absolute Gasteiger partial charge is 0.504 e. The van der Waals surface area contributed by atoms with Gasteiger partial charge in [-0.15, -0.1) is 24.8 Å². The molecule has 23 heavy (non-hydrogen) atoms. The van der Waals surface area contributed by atoms with E-state index < -0.39 is 18.0 Å². The molecule has 0 radical (unpaired) electrons. The van der Waals surface area contributed by atoms with Crippen molar-refractivity contribution in [3.63, 3.8) is 0 Å². The molecule has 134 valence electrons. The number of hydrogen-bond acceptors (Lipinski definition) is 4. The quantitative estimate of drug-likeness (QED) is 0.847. The van der Waals surface area contributed by atoms with Crippen LogP contribution in [-0.2, 0) is 0 Å². The van der Waals surface area contributed by atoms with Crippen LogP contribution >= 0.6 is 24.8 Å². The van der Waals surface area contributed by atoms with E-state index in [0.29, 0.717) is 13.1 Å². The van der Waals surface area contributed by atoms with E-state index >= 15 is 0 Å². The molecule has 0 aromatic heterocycles. The predicted octanol–water partition coefficient (Wildman–Crippen LogP) is 3.14. The molecule has 4 nitrogen and oxygen atoms in total. The topological polar surface area (TPSA) is 44.7 Å². The molecule has 1 aromatic rings. The Balaban J connectivity index is 0.00000242. The summed E-state index contributed by atoms with van der Waals surface area (Å²) in [5, 5.41) is 13.1. The fourth-order valence-electron chi connectivity index (χ4n) is 2.55. The molecule has 0 saturated carbocycles. The molecule has 0 unspecified atom stereocenters. The Hall–Kier alpha value is -0.890. The van der Waals surface area contributed by atoms with Gasteiger partial charge in [-0.3, -0.25) is 4.90 Å². The number of piperazine rings is 1. The van der Waals surface area contributed by atoms with Crippen LogP contribution in [0.2, 0.25) is 0 Å². The van der Waals surface area contributed by atoms with Gasteiger partial charge in [0.25, 0.3) is 0 Å². The standard InChI is InChI=1S/C14H19F3N2O2.2ClH/c1-2-21-11-5-3-4-10(12(11)20)13(14(15,16)17)19-8-6-18-7-9-19;;/h3-5,13,18,20H,2,6-9H2,1H3;2*1H/t13-;;/m0../s1. The van der Waals surface area contributed by atoms with Crippen molar-refractivity contribution >= 4 is 24.8 Å². The highest BCUT2D eigenvalue weighted by Crippen LogP contribution is 2.44. The van der Waals surface area contributed by atoms with E-state index in [9.17, 15) is 18.3 Å². The van der Waals surface area contributed by atoms with Crippen LogP contribution in [0.3, 0.4) is 0 Å². The first-order chi connectivity index (χ1) is 9.95. The first-order valence-corrected chi connectivity index (χ1v) is 6.91. The van der Waals surface area contributed by atoms with Gasteiger partial charge in [-0.2, -0.15) is 13.2 Å². The van der Waals surface area contributed by atoms with Crippen molar-refractivity contribution in [3.8, 4) is 11.5 Å². The molecule has 0 aliphatic carbocycles. The van der Waals surface area contributed by atoms with E-state index in [0.717, 1.165) is 0 Å². The molecule has 1 heterocycles. The number of alkyl halides is 3. The number of nitrogens with one attached hydrogen (secondary N) is 1. The lowest BCUT2D eigenvalue weighted by atomic mass is 10.0. The summed E-state index contributed by atoms with van der Waals surface area (Å²) in [5.74, 6) is -0.348. The maximum atomic E-state index is 13.5. The molecule has 0 amide bonds. The molecule has 1 atom stereocenters. The zero-order chi connectivity index (χ0) is 15.5. The van der Waals surface area contributed by atoms with Crippen LogP contribution in [-0.4, -0.2) is 49.0 Å². The fraction of sp³-hybridized carbons (Fsp3) is 0.571. The summed E-state index contributed by atoms with van der Waals surface area (Å²) in [7, 11) is 0. The molecule has 0 bridgehead atoms. The minimum Gasteiger partial charge on any atom is -0.504 e. The molecule has 1 fully saturated rings. The number of para-hydroxylation sites is 1. The normalized spacial score (nSPS) is 16.9. The highest BCUT2D eigenvalue weighted by molar-refractivity contribution is 5.85. The molecule has 1 aromatic carbocycles. The van der Waals surface area contributed by atoms with E-state index in [-0.39, 0.29) is 55.8 Å². The van der Waals surface area contributed by atoms with E-state index in [4.69, 9.17) is 4.74 Å².